The van der Waals surface area contributed by atoms with Crippen molar-refractivity contribution in [3.8, 4) is 17.2 Å². The highest BCUT2D eigenvalue weighted by molar-refractivity contribution is 5.79. The molecule has 0 unspecified atom stereocenters. The molecule has 0 radical (unpaired) electrons. The lowest BCUT2D eigenvalue weighted by molar-refractivity contribution is -0.384. The van der Waals surface area contributed by atoms with Gasteiger partial charge in [0, 0.05) is 17.7 Å². The SMILES string of the molecule is COc1ccc(C=NOCc2nnc(-c3cccc([N+](=O)[O-])c3)o2)cc1. The average molecular weight is 354 g/mol. The van der Waals surface area contributed by atoms with Gasteiger partial charge in [0.1, 0.15) is 5.75 Å². The Bertz CT molecular complexity index is 921. The quantitative estimate of drug-likeness (QED) is 0.364. The molecule has 1 aromatic heterocycles. The van der Waals surface area contributed by atoms with Crippen LogP contribution in [0.15, 0.2) is 58.1 Å². The summed E-state index contributed by atoms with van der Waals surface area (Å²) in [6, 6.07) is 13.2. The first kappa shape index (κ1) is 17.1. The summed E-state index contributed by atoms with van der Waals surface area (Å²) in [5.41, 5.74) is 1.25. The molecule has 0 aliphatic rings. The van der Waals surface area contributed by atoms with Crippen LogP contribution in [0.25, 0.3) is 11.5 Å². The fraction of sp³-hybridized carbons (Fsp3) is 0.118. The summed E-state index contributed by atoms with van der Waals surface area (Å²) in [5.74, 6) is 1.13. The Morgan fingerprint density at radius 2 is 2.04 bits per heavy atom. The summed E-state index contributed by atoms with van der Waals surface area (Å²) < 4.78 is 10.5. The van der Waals surface area contributed by atoms with Crippen LogP contribution in [-0.2, 0) is 11.4 Å². The molecule has 9 nitrogen and oxygen atoms in total. The van der Waals surface area contributed by atoms with Gasteiger partial charge in [-0.3, -0.25) is 10.1 Å². The van der Waals surface area contributed by atoms with Crippen LogP contribution in [0.1, 0.15) is 11.5 Å². The molecule has 2 aromatic carbocycles. The van der Waals surface area contributed by atoms with E-state index in [1.807, 2.05) is 24.3 Å². The summed E-state index contributed by atoms with van der Waals surface area (Å²) in [7, 11) is 1.60. The molecule has 0 N–H and O–H groups in total. The zero-order valence-corrected chi connectivity index (χ0v) is 13.7. The number of non-ortho nitro benzene ring substituents is 1. The molecule has 3 aromatic rings. The van der Waals surface area contributed by atoms with Gasteiger partial charge in [-0.05, 0) is 35.9 Å². The van der Waals surface area contributed by atoms with Gasteiger partial charge in [0.15, 0.2) is 6.61 Å². The number of nitro benzene ring substituents is 1. The molecule has 0 atom stereocenters. The standard InChI is InChI=1S/C17H14N4O5/c1-24-15-7-5-12(6-8-15)10-18-25-11-16-19-20-17(26-16)13-3-2-4-14(9-13)21(22)23/h2-10H,11H2,1H3. The Balaban J connectivity index is 1.59. The number of ether oxygens (including phenoxy) is 1. The van der Waals surface area contributed by atoms with Gasteiger partial charge >= 0.3 is 0 Å². The molecular weight excluding hydrogens is 340 g/mol. The van der Waals surface area contributed by atoms with Gasteiger partial charge in [0.05, 0.1) is 18.2 Å². The Morgan fingerprint density at radius 3 is 2.77 bits per heavy atom. The van der Waals surface area contributed by atoms with Crippen LogP contribution in [0, 0.1) is 10.1 Å². The minimum Gasteiger partial charge on any atom is -0.497 e. The summed E-state index contributed by atoms with van der Waals surface area (Å²) in [6.45, 7) is -0.0193. The Morgan fingerprint density at radius 1 is 1.23 bits per heavy atom. The zero-order chi connectivity index (χ0) is 18.4. The molecule has 26 heavy (non-hydrogen) atoms. The molecule has 9 heteroatoms. The molecule has 0 aliphatic heterocycles. The average Bonchev–Trinajstić information content (AvgIpc) is 3.15. The topological polar surface area (TPSA) is 113 Å². The highest BCUT2D eigenvalue weighted by Gasteiger charge is 2.12. The maximum Gasteiger partial charge on any atom is 0.270 e. The molecule has 0 bridgehead atoms. The Hall–Kier alpha value is -3.75. The molecule has 1 heterocycles. The fourth-order valence-electron chi connectivity index (χ4n) is 2.06. The molecule has 0 saturated carbocycles. The van der Waals surface area contributed by atoms with Crippen LogP contribution in [0.2, 0.25) is 0 Å². The van der Waals surface area contributed by atoms with Crippen molar-refractivity contribution < 1.29 is 18.9 Å². The molecule has 3 rings (SSSR count). The first-order valence-electron chi connectivity index (χ1n) is 7.52. The number of hydrogen-bond acceptors (Lipinski definition) is 8. The molecular formula is C17H14N4O5. The van der Waals surface area contributed by atoms with Crippen molar-refractivity contribution in [1.82, 2.24) is 10.2 Å². The maximum absolute atomic E-state index is 10.8. The molecule has 132 valence electrons. The van der Waals surface area contributed by atoms with Crippen LogP contribution >= 0.6 is 0 Å². The second-order valence-electron chi connectivity index (χ2n) is 5.09. The fourth-order valence-corrected chi connectivity index (χ4v) is 2.06. The Kier molecular flexibility index (Phi) is 5.18. The van der Waals surface area contributed by atoms with E-state index in [4.69, 9.17) is 14.0 Å². The third-order valence-corrected chi connectivity index (χ3v) is 3.35. The van der Waals surface area contributed by atoms with E-state index in [0.717, 1.165) is 11.3 Å². The number of oxime groups is 1. The zero-order valence-electron chi connectivity index (χ0n) is 13.7. The van der Waals surface area contributed by atoms with Gasteiger partial charge in [-0.2, -0.15) is 0 Å². The molecule has 0 aliphatic carbocycles. The van der Waals surface area contributed by atoms with Gasteiger partial charge in [0.25, 0.3) is 11.6 Å². The molecule has 0 fully saturated rings. The number of nitrogens with zero attached hydrogens (tertiary/aromatic N) is 4. The van der Waals surface area contributed by atoms with Crippen molar-refractivity contribution in [2.24, 2.45) is 5.16 Å². The van der Waals surface area contributed by atoms with Crippen LogP contribution in [0.3, 0.4) is 0 Å². The summed E-state index contributed by atoms with van der Waals surface area (Å²) >= 11 is 0. The lowest BCUT2D eigenvalue weighted by Gasteiger charge is -1.98. The van der Waals surface area contributed by atoms with Crippen molar-refractivity contribution in [2.45, 2.75) is 6.61 Å². The highest BCUT2D eigenvalue weighted by atomic mass is 16.6. The van der Waals surface area contributed by atoms with Crippen LogP contribution in [0.4, 0.5) is 5.69 Å². The summed E-state index contributed by atoms with van der Waals surface area (Å²) in [4.78, 5) is 15.4. The second kappa shape index (κ2) is 7.88. The number of nitro groups is 1. The smallest absolute Gasteiger partial charge is 0.270 e. The number of rotatable bonds is 7. The van der Waals surface area contributed by atoms with Crippen molar-refractivity contribution in [3.63, 3.8) is 0 Å². The number of aromatic nitrogens is 2. The van der Waals surface area contributed by atoms with Gasteiger partial charge in [0.2, 0.25) is 5.89 Å². The third kappa shape index (κ3) is 4.20. The van der Waals surface area contributed by atoms with Gasteiger partial charge < -0.3 is 14.0 Å². The summed E-state index contributed by atoms with van der Waals surface area (Å²) in [5, 5.41) is 22.3. The van der Waals surface area contributed by atoms with Gasteiger partial charge in [-0.15, -0.1) is 10.2 Å². The predicted molar refractivity (Wildman–Crippen MR) is 91.8 cm³/mol. The van der Waals surface area contributed by atoms with E-state index in [-0.39, 0.29) is 24.1 Å². The van der Waals surface area contributed by atoms with Crippen molar-refractivity contribution in [1.29, 1.82) is 0 Å². The van der Waals surface area contributed by atoms with E-state index in [1.165, 1.54) is 18.3 Å². The van der Waals surface area contributed by atoms with Gasteiger partial charge in [-0.1, -0.05) is 11.2 Å². The van der Waals surface area contributed by atoms with Gasteiger partial charge in [-0.25, -0.2) is 0 Å². The number of methoxy groups -OCH3 is 1. The van der Waals surface area contributed by atoms with E-state index in [1.54, 1.807) is 19.2 Å². The van der Waals surface area contributed by atoms with Crippen molar-refractivity contribution in [3.05, 3.63) is 70.1 Å². The molecule has 0 saturated heterocycles. The first-order chi connectivity index (χ1) is 12.7. The van der Waals surface area contributed by atoms with Crippen LogP contribution in [-0.4, -0.2) is 28.4 Å². The van der Waals surface area contributed by atoms with Crippen molar-refractivity contribution in [2.75, 3.05) is 7.11 Å². The minimum atomic E-state index is -0.488. The lowest BCUT2D eigenvalue weighted by atomic mass is 10.2. The highest BCUT2D eigenvalue weighted by Crippen LogP contribution is 2.22. The largest absolute Gasteiger partial charge is 0.497 e. The third-order valence-electron chi connectivity index (χ3n) is 3.35. The first-order valence-corrected chi connectivity index (χ1v) is 7.52. The Labute approximate surface area is 148 Å². The minimum absolute atomic E-state index is 0.0193. The second-order valence-corrected chi connectivity index (χ2v) is 5.09. The van der Waals surface area contributed by atoms with E-state index in [0.29, 0.717) is 5.56 Å². The summed E-state index contributed by atoms with van der Waals surface area (Å²) in [6.07, 6.45) is 1.54. The lowest BCUT2D eigenvalue weighted by Crippen LogP contribution is -1.89. The van der Waals surface area contributed by atoms with E-state index >= 15 is 0 Å². The van der Waals surface area contributed by atoms with Crippen molar-refractivity contribution >= 4 is 11.9 Å². The van der Waals surface area contributed by atoms with E-state index < -0.39 is 4.92 Å². The van der Waals surface area contributed by atoms with Crippen LogP contribution in [0.5, 0.6) is 5.75 Å². The molecule has 0 spiro atoms. The van der Waals surface area contributed by atoms with E-state index in [9.17, 15) is 10.1 Å². The predicted octanol–water partition coefficient (Wildman–Crippen LogP) is 3.20. The maximum atomic E-state index is 10.8. The monoisotopic (exact) mass is 354 g/mol. The molecule has 0 amide bonds. The normalized spacial score (nSPS) is 10.8. The number of hydrogen-bond donors (Lipinski definition) is 0. The number of benzene rings is 2. The van der Waals surface area contributed by atoms with Crippen LogP contribution < -0.4 is 4.74 Å². The van der Waals surface area contributed by atoms with E-state index in [2.05, 4.69) is 15.4 Å².